The third kappa shape index (κ3) is 4.09. The molecule has 10 heteroatoms. The lowest BCUT2D eigenvalue weighted by Crippen LogP contribution is -2.54. The average Bonchev–Trinajstić information content (AvgIpc) is 3.61. The summed E-state index contributed by atoms with van der Waals surface area (Å²) in [5.41, 5.74) is 1.35. The van der Waals surface area contributed by atoms with Gasteiger partial charge in [0, 0.05) is 16.5 Å². The first kappa shape index (κ1) is 26.2. The maximum Gasteiger partial charge on any atom is 0.355 e. The number of nitrogens with zero attached hydrogens (tertiary/aromatic N) is 2. The maximum atomic E-state index is 13.7. The highest BCUT2D eigenvalue weighted by Gasteiger charge is 2.51. The number of para-hydroxylation sites is 1. The minimum Gasteiger partial charge on any atom is -0.457 e. The molecular formula is C30H32N4O6. The van der Waals surface area contributed by atoms with Crippen molar-refractivity contribution >= 4 is 28.7 Å². The highest BCUT2D eigenvalue weighted by molar-refractivity contribution is 5.91. The number of rotatable bonds is 6. The Morgan fingerprint density at radius 1 is 1.25 bits per heavy atom. The summed E-state index contributed by atoms with van der Waals surface area (Å²) in [6.07, 6.45) is 1.61. The molecule has 1 aromatic carbocycles. The first-order valence-electron chi connectivity index (χ1n) is 13.8. The van der Waals surface area contributed by atoms with Gasteiger partial charge in [0.2, 0.25) is 11.5 Å². The van der Waals surface area contributed by atoms with Crippen LogP contribution in [0.1, 0.15) is 56.7 Å². The predicted molar refractivity (Wildman–Crippen MR) is 146 cm³/mol. The number of carbonyl (C=O) groups excluding carboxylic acids is 3. The average molecular weight is 545 g/mol. The van der Waals surface area contributed by atoms with Crippen LogP contribution < -0.4 is 16.2 Å². The monoisotopic (exact) mass is 544 g/mol. The van der Waals surface area contributed by atoms with Gasteiger partial charge in [-0.05, 0) is 49.9 Å². The van der Waals surface area contributed by atoms with Gasteiger partial charge in [0.05, 0.1) is 35.1 Å². The normalized spacial score (nSPS) is 21.9. The second kappa shape index (κ2) is 9.85. The number of hydrogen-bond donors (Lipinski definition) is 2. The molecule has 0 saturated carbocycles. The summed E-state index contributed by atoms with van der Waals surface area (Å²) in [5.74, 6) is -2.08. The molecule has 5 heterocycles. The highest BCUT2D eigenvalue weighted by atomic mass is 16.6. The van der Waals surface area contributed by atoms with Crippen LogP contribution in [0, 0.1) is 5.92 Å². The predicted octanol–water partition coefficient (Wildman–Crippen LogP) is 2.52. The first-order valence-corrected chi connectivity index (χ1v) is 13.8. The molecule has 0 radical (unpaired) electrons. The largest absolute Gasteiger partial charge is 0.457 e. The molecule has 1 saturated heterocycles. The molecule has 3 aliphatic rings. The van der Waals surface area contributed by atoms with Crippen LogP contribution in [-0.2, 0) is 42.6 Å². The van der Waals surface area contributed by atoms with Gasteiger partial charge >= 0.3 is 11.9 Å². The summed E-state index contributed by atoms with van der Waals surface area (Å²) in [6, 6.07) is 10.1. The Morgan fingerprint density at radius 2 is 2.05 bits per heavy atom. The quantitative estimate of drug-likeness (QED) is 0.355. The molecule has 40 heavy (non-hydrogen) atoms. The fourth-order valence-electron chi connectivity index (χ4n) is 5.98. The molecule has 0 spiro atoms. The summed E-state index contributed by atoms with van der Waals surface area (Å²) < 4.78 is 13.1. The number of aromatic nitrogens is 2. The van der Waals surface area contributed by atoms with E-state index in [2.05, 4.69) is 10.6 Å². The summed E-state index contributed by atoms with van der Waals surface area (Å²) in [4.78, 5) is 58.4. The standard InChI is InChI=1S/C30H32N4O6/c1-4-30(40-28(37)24(16(2)3)33-26(35)22-10-7-11-31-22)20-13-23-25-18(12-17-8-5-6-9-21(17)32-25)14-34(23)27(36)19(20)15-39-29(30)38/h5-6,8-9,12-13,16,22,24,31H,4,7,10-11,14-15H2,1-3H3,(H,33,35)/t22-,24-,30-/m0/s1. The molecular weight excluding hydrogens is 512 g/mol. The molecule has 10 nitrogen and oxygen atoms in total. The van der Waals surface area contributed by atoms with E-state index in [0.29, 0.717) is 29.9 Å². The Kier molecular flexibility index (Phi) is 6.45. The molecule has 2 aromatic heterocycles. The SMILES string of the molecule is CC[C@@]1(OC(=O)[C@@H](NC(=O)[C@@H]2CCCN2)C(C)C)C(=O)OCc2c1cc1n(c2=O)Cc2cc3ccccc3nc2-1. The number of pyridine rings is 2. The van der Waals surface area contributed by atoms with E-state index in [1.165, 1.54) is 0 Å². The van der Waals surface area contributed by atoms with Gasteiger partial charge in [0.1, 0.15) is 12.6 Å². The van der Waals surface area contributed by atoms with Gasteiger partial charge in [-0.3, -0.25) is 9.59 Å². The fourth-order valence-corrected chi connectivity index (χ4v) is 5.98. The molecule has 2 N–H and O–H groups in total. The first-order chi connectivity index (χ1) is 19.2. The molecule has 1 fully saturated rings. The van der Waals surface area contributed by atoms with E-state index < -0.39 is 23.6 Å². The molecule has 0 unspecified atom stereocenters. The Bertz CT molecular complexity index is 1610. The number of hydrogen-bond acceptors (Lipinski definition) is 8. The van der Waals surface area contributed by atoms with Crippen molar-refractivity contribution in [2.24, 2.45) is 5.92 Å². The van der Waals surface area contributed by atoms with Crippen molar-refractivity contribution < 1.29 is 23.9 Å². The molecule has 3 aromatic rings. The van der Waals surface area contributed by atoms with E-state index in [4.69, 9.17) is 14.5 Å². The minimum atomic E-state index is -1.83. The molecule has 208 valence electrons. The van der Waals surface area contributed by atoms with Crippen LogP contribution >= 0.6 is 0 Å². The zero-order valence-corrected chi connectivity index (χ0v) is 22.8. The second-order valence-corrected chi connectivity index (χ2v) is 11.1. The number of carbonyl (C=O) groups is 3. The lowest BCUT2D eigenvalue weighted by atomic mass is 9.85. The van der Waals surface area contributed by atoms with Crippen LogP contribution in [0.3, 0.4) is 0 Å². The number of nitrogens with one attached hydrogen (secondary N) is 2. The second-order valence-electron chi connectivity index (χ2n) is 11.1. The zero-order chi connectivity index (χ0) is 28.2. The summed E-state index contributed by atoms with van der Waals surface area (Å²) in [5, 5.41) is 6.90. The number of cyclic esters (lactones) is 1. The summed E-state index contributed by atoms with van der Waals surface area (Å²) in [7, 11) is 0. The van der Waals surface area contributed by atoms with Crippen LogP contribution in [0.15, 0.2) is 41.2 Å². The van der Waals surface area contributed by atoms with Crippen molar-refractivity contribution in [3.05, 3.63) is 63.4 Å². The third-order valence-electron chi connectivity index (χ3n) is 8.25. The number of ether oxygens (including phenoxy) is 2. The van der Waals surface area contributed by atoms with Crippen LogP contribution in [0.2, 0.25) is 0 Å². The van der Waals surface area contributed by atoms with Crippen LogP contribution in [0.5, 0.6) is 0 Å². The van der Waals surface area contributed by atoms with Crippen molar-refractivity contribution in [1.29, 1.82) is 0 Å². The van der Waals surface area contributed by atoms with E-state index in [9.17, 15) is 19.2 Å². The van der Waals surface area contributed by atoms with Crippen LogP contribution in [-0.4, -0.2) is 46.0 Å². The number of fused-ring (bicyclic) bond motifs is 5. The van der Waals surface area contributed by atoms with E-state index in [1.54, 1.807) is 31.4 Å². The lowest BCUT2D eigenvalue weighted by Gasteiger charge is -2.37. The smallest absolute Gasteiger partial charge is 0.355 e. The van der Waals surface area contributed by atoms with Crippen LogP contribution in [0.4, 0.5) is 0 Å². The Balaban J connectivity index is 1.40. The van der Waals surface area contributed by atoms with Gasteiger partial charge in [-0.2, -0.15) is 0 Å². The highest BCUT2D eigenvalue weighted by Crippen LogP contribution is 2.41. The summed E-state index contributed by atoms with van der Waals surface area (Å²) >= 11 is 0. The van der Waals surface area contributed by atoms with Gasteiger partial charge in [-0.1, -0.05) is 39.0 Å². The fraction of sp³-hybridized carbons (Fsp3) is 0.433. The molecule has 0 aliphatic carbocycles. The Labute approximate surface area is 231 Å². The van der Waals surface area contributed by atoms with Gasteiger partial charge in [-0.15, -0.1) is 0 Å². The molecule has 3 aliphatic heterocycles. The number of esters is 2. The maximum absolute atomic E-state index is 13.7. The minimum absolute atomic E-state index is 0.0500. The van der Waals surface area contributed by atoms with E-state index in [0.717, 1.165) is 29.4 Å². The molecule has 1 amide bonds. The number of benzene rings is 1. The van der Waals surface area contributed by atoms with Crippen molar-refractivity contribution in [3.63, 3.8) is 0 Å². The van der Waals surface area contributed by atoms with Crippen molar-refractivity contribution in [3.8, 4) is 11.4 Å². The van der Waals surface area contributed by atoms with Gasteiger partial charge in [0.25, 0.3) is 5.56 Å². The molecule has 3 atom stereocenters. The molecule has 6 rings (SSSR count). The zero-order valence-electron chi connectivity index (χ0n) is 22.8. The van der Waals surface area contributed by atoms with Gasteiger partial charge < -0.3 is 24.7 Å². The Hall–Kier alpha value is -4.05. The van der Waals surface area contributed by atoms with Gasteiger partial charge in [-0.25, -0.2) is 14.6 Å². The topological polar surface area (TPSA) is 129 Å². The van der Waals surface area contributed by atoms with Crippen molar-refractivity contribution in [1.82, 2.24) is 20.2 Å². The Morgan fingerprint density at radius 3 is 2.77 bits per heavy atom. The van der Waals surface area contributed by atoms with E-state index in [1.807, 2.05) is 30.3 Å². The van der Waals surface area contributed by atoms with Crippen LogP contribution in [0.25, 0.3) is 22.3 Å². The van der Waals surface area contributed by atoms with E-state index in [-0.39, 0.29) is 42.0 Å². The number of amides is 1. The van der Waals surface area contributed by atoms with Crippen molar-refractivity contribution in [2.45, 2.75) is 70.9 Å². The summed E-state index contributed by atoms with van der Waals surface area (Å²) in [6.45, 7) is 6.18. The van der Waals surface area contributed by atoms with Crippen molar-refractivity contribution in [2.75, 3.05) is 6.54 Å². The lowest BCUT2D eigenvalue weighted by molar-refractivity contribution is -0.191. The van der Waals surface area contributed by atoms with Gasteiger partial charge in [0.15, 0.2) is 0 Å². The molecule has 0 bridgehead atoms. The third-order valence-corrected chi connectivity index (χ3v) is 8.25. The van der Waals surface area contributed by atoms with E-state index >= 15 is 0 Å².